The van der Waals surface area contributed by atoms with E-state index in [0.717, 1.165) is 19.4 Å². The lowest BCUT2D eigenvalue weighted by Gasteiger charge is -2.09. The lowest BCUT2D eigenvalue weighted by atomic mass is 10.2. The van der Waals surface area contributed by atoms with Crippen LogP contribution in [0.1, 0.15) is 19.3 Å². The normalized spacial score (nSPS) is 19.7. The van der Waals surface area contributed by atoms with E-state index < -0.39 is 0 Å². The molecule has 2 heterocycles. The van der Waals surface area contributed by atoms with Gasteiger partial charge in [-0.2, -0.15) is 0 Å². The first-order valence-corrected chi connectivity index (χ1v) is 5.65. The van der Waals surface area contributed by atoms with Gasteiger partial charge in [-0.3, -0.25) is 4.79 Å². The van der Waals surface area contributed by atoms with Gasteiger partial charge in [-0.25, -0.2) is 4.98 Å². The highest BCUT2D eigenvalue weighted by atomic mass is 35.5. The van der Waals surface area contributed by atoms with Crippen molar-refractivity contribution >= 4 is 23.3 Å². The first kappa shape index (κ1) is 11.4. The summed E-state index contributed by atoms with van der Waals surface area (Å²) in [6.45, 7) is 0.757. The third kappa shape index (κ3) is 3.18. The average molecular weight is 241 g/mol. The Labute approximate surface area is 99.0 Å². The van der Waals surface area contributed by atoms with E-state index in [1.165, 1.54) is 0 Å². The summed E-state index contributed by atoms with van der Waals surface area (Å²) < 4.78 is 5.38. The highest BCUT2D eigenvalue weighted by Crippen LogP contribution is 2.17. The minimum absolute atomic E-state index is 0.0548. The number of nitrogens with one attached hydrogen (secondary N) is 1. The predicted octanol–water partition coefficient (Wildman–Crippen LogP) is 2.24. The van der Waals surface area contributed by atoms with Crippen LogP contribution in [0.5, 0.6) is 0 Å². The third-order valence-electron chi connectivity index (χ3n) is 2.43. The molecule has 1 atom stereocenters. The fraction of sp³-hybridized carbons (Fsp3) is 0.455. The van der Waals surface area contributed by atoms with Gasteiger partial charge in [0.2, 0.25) is 5.91 Å². The van der Waals surface area contributed by atoms with Gasteiger partial charge in [-0.15, -0.1) is 0 Å². The molecule has 86 valence electrons. The second-order valence-electron chi connectivity index (χ2n) is 3.75. The second kappa shape index (κ2) is 5.27. The Bertz CT molecular complexity index is 378. The molecule has 1 amide bonds. The van der Waals surface area contributed by atoms with E-state index in [-0.39, 0.29) is 12.0 Å². The maximum absolute atomic E-state index is 11.6. The maximum atomic E-state index is 11.6. The lowest BCUT2D eigenvalue weighted by molar-refractivity contribution is -0.118. The molecule has 16 heavy (non-hydrogen) atoms. The molecule has 0 spiro atoms. The molecule has 0 radical (unpaired) electrons. The van der Waals surface area contributed by atoms with Crippen molar-refractivity contribution in [3.63, 3.8) is 0 Å². The van der Waals surface area contributed by atoms with Crippen LogP contribution in [0, 0.1) is 0 Å². The van der Waals surface area contributed by atoms with Crippen LogP contribution in [0.4, 0.5) is 5.82 Å². The zero-order valence-electron chi connectivity index (χ0n) is 8.78. The molecule has 1 aromatic heterocycles. The standard InChI is InChI=1S/C11H13ClN2O2/c12-8-3-4-13-10(6-8)14-11(15)7-9-2-1-5-16-9/h3-4,6,9H,1-2,5,7H2,(H,13,14,15). The van der Waals surface area contributed by atoms with Crippen molar-refractivity contribution in [3.8, 4) is 0 Å². The van der Waals surface area contributed by atoms with Crippen molar-refractivity contribution in [2.75, 3.05) is 11.9 Å². The minimum Gasteiger partial charge on any atom is -0.378 e. The Morgan fingerprint density at radius 3 is 3.25 bits per heavy atom. The maximum Gasteiger partial charge on any atom is 0.228 e. The Morgan fingerprint density at radius 2 is 2.56 bits per heavy atom. The first-order valence-electron chi connectivity index (χ1n) is 5.27. The summed E-state index contributed by atoms with van der Waals surface area (Å²) in [4.78, 5) is 15.6. The third-order valence-corrected chi connectivity index (χ3v) is 2.66. The summed E-state index contributed by atoms with van der Waals surface area (Å²) in [5, 5.41) is 3.25. The van der Waals surface area contributed by atoms with Crippen LogP contribution in [0.15, 0.2) is 18.3 Å². The van der Waals surface area contributed by atoms with Gasteiger partial charge in [-0.05, 0) is 25.0 Å². The van der Waals surface area contributed by atoms with E-state index in [1.807, 2.05) is 0 Å². The van der Waals surface area contributed by atoms with Gasteiger partial charge in [0.05, 0.1) is 12.5 Å². The highest BCUT2D eigenvalue weighted by Gasteiger charge is 2.19. The zero-order chi connectivity index (χ0) is 11.4. The Kier molecular flexibility index (Phi) is 3.74. The Hall–Kier alpha value is -1.13. The number of carbonyl (C=O) groups excluding carboxylic acids is 1. The highest BCUT2D eigenvalue weighted by molar-refractivity contribution is 6.30. The first-order chi connectivity index (χ1) is 7.74. The molecular formula is C11H13ClN2O2. The molecule has 0 saturated carbocycles. The molecule has 4 nitrogen and oxygen atoms in total. The average Bonchev–Trinajstić information content (AvgIpc) is 2.70. The number of hydrogen-bond donors (Lipinski definition) is 1. The van der Waals surface area contributed by atoms with Gasteiger partial charge in [0, 0.05) is 17.8 Å². The van der Waals surface area contributed by atoms with Crippen LogP contribution in [-0.4, -0.2) is 23.6 Å². The Morgan fingerprint density at radius 1 is 1.69 bits per heavy atom. The molecule has 5 heteroatoms. The molecule has 1 saturated heterocycles. The van der Waals surface area contributed by atoms with Gasteiger partial charge >= 0.3 is 0 Å². The molecule has 1 aliphatic rings. The molecule has 1 fully saturated rings. The number of anilines is 1. The van der Waals surface area contributed by atoms with Crippen molar-refractivity contribution in [1.82, 2.24) is 4.98 Å². The van der Waals surface area contributed by atoms with Crippen LogP contribution < -0.4 is 5.32 Å². The fourth-order valence-corrected chi connectivity index (χ4v) is 1.84. The lowest BCUT2D eigenvalue weighted by Crippen LogP contribution is -2.19. The molecule has 1 unspecified atom stereocenters. The van der Waals surface area contributed by atoms with Crippen molar-refractivity contribution in [3.05, 3.63) is 23.4 Å². The van der Waals surface area contributed by atoms with E-state index in [2.05, 4.69) is 10.3 Å². The SMILES string of the molecule is O=C(CC1CCCO1)Nc1cc(Cl)ccn1. The van der Waals surface area contributed by atoms with Crippen molar-refractivity contribution < 1.29 is 9.53 Å². The summed E-state index contributed by atoms with van der Waals surface area (Å²) in [5.74, 6) is 0.400. The van der Waals surface area contributed by atoms with E-state index in [4.69, 9.17) is 16.3 Å². The van der Waals surface area contributed by atoms with E-state index in [9.17, 15) is 4.79 Å². The number of aromatic nitrogens is 1. The number of halogens is 1. The van der Waals surface area contributed by atoms with Crippen LogP contribution in [0.2, 0.25) is 5.02 Å². The molecule has 0 bridgehead atoms. The number of pyridine rings is 1. The minimum atomic E-state index is -0.0818. The fourth-order valence-electron chi connectivity index (χ4n) is 1.68. The smallest absolute Gasteiger partial charge is 0.228 e. The number of nitrogens with zero attached hydrogens (tertiary/aromatic N) is 1. The monoisotopic (exact) mass is 240 g/mol. The van der Waals surface area contributed by atoms with Crippen LogP contribution in [-0.2, 0) is 9.53 Å². The van der Waals surface area contributed by atoms with Gasteiger partial charge in [0.1, 0.15) is 5.82 Å². The van der Waals surface area contributed by atoms with Crippen LogP contribution in [0.3, 0.4) is 0 Å². The Balaban J connectivity index is 1.86. The van der Waals surface area contributed by atoms with Crippen LogP contribution >= 0.6 is 11.6 Å². The summed E-state index contributed by atoms with van der Waals surface area (Å²) >= 11 is 5.78. The molecule has 1 aromatic rings. The van der Waals surface area contributed by atoms with Crippen molar-refractivity contribution in [2.45, 2.75) is 25.4 Å². The van der Waals surface area contributed by atoms with Gasteiger partial charge in [0.15, 0.2) is 0 Å². The van der Waals surface area contributed by atoms with Crippen molar-refractivity contribution in [2.24, 2.45) is 0 Å². The molecule has 0 aliphatic carbocycles. The topological polar surface area (TPSA) is 51.2 Å². The summed E-state index contributed by atoms with van der Waals surface area (Å²) in [5.41, 5.74) is 0. The van der Waals surface area contributed by atoms with Crippen LogP contribution in [0.25, 0.3) is 0 Å². The van der Waals surface area contributed by atoms with E-state index >= 15 is 0 Å². The predicted molar refractivity (Wildman–Crippen MR) is 61.5 cm³/mol. The number of amides is 1. The van der Waals surface area contributed by atoms with Crippen molar-refractivity contribution in [1.29, 1.82) is 0 Å². The quantitative estimate of drug-likeness (QED) is 0.882. The van der Waals surface area contributed by atoms with Gasteiger partial charge in [-0.1, -0.05) is 11.6 Å². The number of hydrogen-bond acceptors (Lipinski definition) is 3. The van der Waals surface area contributed by atoms with E-state index in [0.29, 0.717) is 17.3 Å². The molecule has 1 aliphatic heterocycles. The number of carbonyl (C=O) groups is 1. The number of rotatable bonds is 3. The van der Waals surface area contributed by atoms with E-state index in [1.54, 1.807) is 18.3 Å². The molecular weight excluding hydrogens is 228 g/mol. The molecule has 1 N–H and O–H groups in total. The second-order valence-corrected chi connectivity index (χ2v) is 4.18. The zero-order valence-corrected chi connectivity index (χ0v) is 9.54. The van der Waals surface area contributed by atoms with Gasteiger partial charge in [0.25, 0.3) is 0 Å². The summed E-state index contributed by atoms with van der Waals surface area (Å²) in [6, 6.07) is 3.28. The molecule has 2 rings (SSSR count). The summed E-state index contributed by atoms with van der Waals surface area (Å²) in [6.07, 6.45) is 3.99. The largest absolute Gasteiger partial charge is 0.378 e. The van der Waals surface area contributed by atoms with Gasteiger partial charge < -0.3 is 10.1 Å². The number of ether oxygens (including phenoxy) is 1. The summed E-state index contributed by atoms with van der Waals surface area (Å²) in [7, 11) is 0. The molecule has 0 aromatic carbocycles.